The van der Waals surface area contributed by atoms with E-state index in [1.54, 1.807) is 0 Å². The van der Waals surface area contributed by atoms with E-state index in [4.69, 9.17) is 9.47 Å². The Kier molecular flexibility index (Phi) is 10.0. The predicted octanol–water partition coefficient (Wildman–Crippen LogP) is -0.907. The summed E-state index contributed by atoms with van der Waals surface area (Å²) in [7, 11) is 0.975. The zero-order chi connectivity index (χ0) is 22.7. The molecule has 0 aromatic rings. The second-order valence-corrected chi connectivity index (χ2v) is 7.86. The number of esters is 3. The molecular formula is C18H24N2O9S. The van der Waals surface area contributed by atoms with E-state index < -0.39 is 40.4 Å². The van der Waals surface area contributed by atoms with Crippen molar-refractivity contribution >= 4 is 46.6 Å². The maximum Gasteiger partial charge on any atom is 0.418 e. The lowest BCUT2D eigenvalue weighted by atomic mass is 9.86. The van der Waals surface area contributed by atoms with Crippen molar-refractivity contribution in [2.75, 3.05) is 32.6 Å². The molecule has 0 saturated heterocycles. The molecule has 1 rings (SSSR count). The molecule has 166 valence electrons. The van der Waals surface area contributed by atoms with Gasteiger partial charge in [0.1, 0.15) is 6.61 Å². The van der Waals surface area contributed by atoms with Crippen molar-refractivity contribution in [1.29, 1.82) is 0 Å². The largest absolute Gasteiger partial charge is 0.462 e. The Morgan fingerprint density at radius 1 is 1.10 bits per heavy atom. The van der Waals surface area contributed by atoms with Gasteiger partial charge >= 0.3 is 17.9 Å². The van der Waals surface area contributed by atoms with Gasteiger partial charge in [0.25, 0.3) is 5.91 Å². The van der Waals surface area contributed by atoms with Gasteiger partial charge in [-0.05, 0) is 6.08 Å². The van der Waals surface area contributed by atoms with Crippen LogP contribution in [0.25, 0.3) is 0 Å². The molecule has 0 aromatic heterocycles. The second kappa shape index (κ2) is 12.0. The maximum atomic E-state index is 12.6. The molecular weight excluding hydrogens is 420 g/mol. The number of amides is 2. The van der Waals surface area contributed by atoms with Gasteiger partial charge in [-0.15, -0.1) is 0 Å². The first kappa shape index (κ1) is 25.1. The van der Waals surface area contributed by atoms with Crippen LogP contribution in [0.5, 0.6) is 0 Å². The summed E-state index contributed by atoms with van der Waals surface area (Å²) in [6.45, 7) is 2.72. The van der Waals surface area contributed by atoms with Crippen LogP contribution in [-0.2, 0) is 43.0 Å². The highest BCUT2D eigenvalue weighted by molar-refractivity contribution is 8.14. The Morgan fingerprint density at radius 3 is 2.47 bits per heavy atom. The monoisotopic (exact) mass is 444 g/mol. The Morgan fingerprint density at radius 2 is 1.80 bits per heavy atom. The van der Waals surface area contributed by atoms with E-state index in [1.165, 1.54) is 13.8 Å². The fourth-order valence-corrected chi connectivity index (χ4v) is 2.76. The molecule has 11 nitrogen and oxygen atoms in total. The van der Waals surface area contributed by atoms with Crippen LogP contribution in [0.3, 0.4) is 0 Å². The third kappa shape index (κ3) is 8.64. The first-order chi connectivity index (χ1) is 14.1. The number of hydrogen-bond acceptors (Lipinski definition) is 10. The molecule has 0 saturated carbocycles. The quantitative estimate of drug-likeness (QED) is 0.295. The molecule has 1 aliphatic heterocycles. The van der Waals surface area contributed by atoms with Crippen LogP contribution < -0.4 is 10.6 Å². The van der Waals surface area contributed by atoms with Crippen LogP contribution >= 0.6 is 11.8 Å². The van der Waals surface area contributed by atoms with E-state index in [2.05, 4.69) is 15.4 Å². The van der Waals surface area contributed by atoms with Crippen LogP contribution in [0.15, 0.2) is 12.2 Å². The van der Waals surface area contributed by atoms with Crippen molar-refractivity contribution in [3.8, 4) is 0 Å². The third-order valence-corrected chi connectivity index (χ3v) is 4.62. The number of thioether (sulfide) groups is 1. The minimum absolute atomic E-state index is 0.0582. The van der Waals surface area contributed by atoms with Crippen LogP contribution in [0.1, 0.15) is 20.3 Å². The number of rotatable bonds is 1. The van der Waals surface area contributed by atoms with Gasteiger partial charge in [0.2, 0.25) is 11.0 Å². The number of carbonyl (C=O) groups is 6. The van der Waals surface area contributed by atoms with Gasteiger partial charge in [-0.3, -0.25) is 14.4 Å². The van der Waals surface area contributed by atoms with Crippen LogP contribution in [0.4, 0.5) is 0 Å². The lowest BCUT2D eigenvalue weighted by Gasteiger charge is -2.31. The van der Waals surface area contributed by atoms with Gasteiger partial charge in [0, 0.05) is 36.8 Å². The molecule has 0 aliphatic carbocycles. The molecule has 2 N–H and O–H groups in total. The molecule has 0 radical (unpaired) electrons. The molecule has 0 fully saturated rings. The zero-order valence-electron chi connectivity index (χ0n) is 16.9. The van der Waals surface area contributed by atoms with Crippen molar-refractivity contribution in [3.05, 3.63) is 12.2 Å². The van der Waals surface area contributed by atoms with Gasteiger partial charge in [0.15, 0.2) is 6.10 Å². The van der Waals surface area contributed by atoms with Crippen molar-refractivity contribution in [2.45, 2.75) is 26.4 Å². The highest BCUT2D eigenvalue weighted by atomic mass is 32.2. The minimum Gasteiger partial charge on any atom is -0.462 e. The van der Waals surface area contributed by atoms with Crippen LogP contribution in [0.2, 0.25) is 0 Å². The number of carbonyl (C=O) groups excluding carboxylic acids is 6. The molecule has 2 amide bonds. The molecule has 0 spiro atoms. The van der Waals surface area contributed by atoms with E-state index in [0.717, 1.165) is 31.0 Å². The number of nitrogens with one attached hydrogen (secondary N) is 2. The first-order valence-corrected chi connectivity index (χ1v) is 9.90. The Balaban J connectivity index is 3.03. The van der Waals surface area contributed by atoms with Crippen molar-refractivity contribution in [3.63, 3.8) is 0 Å². The summed E-state index contributed by atoms with van der Waals surface area (Å²) >= 11 is 0.913. The summed E-state index contributed by atoms with van der Waals surface area (Å²) < 4.78 is 14.3. The van der Waals surface area contributed by atoms with Gasteiger partial charge in [-0.2, -0.15) is 0 Å². The van der Waals surface area contributed by atoms with Gasteiger partial charge in [-0.1, -0.05) is 25.6 Å². The normalized spacial score (nSPS) is 22.6. The molecule has 30 heavy (non-hydrogen) atoms. The summed E-state index contributed by atoms with van der Waals surface area (Å²) in [6.07, 6.45) is 0.368. The summed E-state index contributed by atoms with van der Waals surface area (Å²) in [6, 6.07) is 0. The highest BCUT2D eigenvalue weighted by Gasteiger charge is 2.41. The summed E-state index contributed by atoms with van der Waals surface area (Å²) in [5.41, 5.74) is -1.26. The zero-order valence-corrected chi connectivity index (χ0v) is 17.7. The number of ether oxygens (including phenoxy) is 3. The second-order valence-electron chi connectivity index (χ2n) is 6.77. The van der Waals surface area contributed by atoms with Gasteiger partial charge in [0.05, 0.1) is 7.11 Å². The van der Waals surface area contributed by atoms with E-state index in [1.807, 2.05) is 0 Å². The van der Waals surface area contributed by atoms with Gasteiger partial charge < -0.3 is 24.8 Å². The third-order valence-electron chi connectivity index (χ3n) is 3.79. The fourth-order valence-electron chi connectivity index (χ4n) is 2.19. The predicted molar refractivity (Wildman–Crippen MR) is 104 cm³/mol. The number of hydrogen-bond donors (Lipinski definition) is 2. The molecule has 1 atom stereocenters. The topological polar surface area (TPSA) is 154 Å². The van der Waals surface area contributed by atoms with Crippen LogP contribution in [0, 0.1) is 5.41 Å². The fraction of sp³-hybridized carbons (Fsp3) is 0.556. The molecule has 12 heteroatoms. The molecule has 0 aromatic carbocycles. The lowest BCUT2D eigenvalue weighted by molar-refractivity contribution is -0.178. The smallest absolute Gasteiger partial charge is 0.418 e. The van der Waals surface area contributed by atoms with Crippen molar-refractivity contribution in [2.24, 2.45) is 5.41 Å². The highest BCUT2D eigenvalue weighted by Crippen LogP contribution is 2.25. The molecule has 0 unspecified atom stereocenters. The van der Waals surface area contributed by atoms with E-state index in [0.29, 0.717) is 5.75 Å². The van der Waals surface area contributed by atoms with E-state index in [-0.39, 0.29) is 32.0 Å². The van der Waals surface area contributed by atoms with E-state index in [9.17, 15) is 28.8 Å². The average molecular weight is 444 g/mol. The average Bonchev–Trinajstić information content (AvgIpc) is 2.70. The summed E-state index contributed by atoms with van der Waals surface area (Å²) in [5, 5.41) is 4.63. The Hall–Kier alpha value is -2.89. The van der Waals surface area contributed by atoms with Crippen LogP contribution in [-0.4, -0.2) is 73.5 Å². The minimum atomic E-state index is -1.53. The van der Waals surface area contributed by atoms with Crippen molar-refractivity contribution in [1.82, 2.24) is 10.6 Å². The van der Waals surface area contributed by atoms with Gasteiger partial charge in [-0.25, -0.2) is 14.4 Å². The number of cyclic esters (lactones) is 1. The summed E-state index contributed by atoms with van der Waals surface area (Å²) in [4.78, 5) is 71.1. The maximum absolute atomic E-state index is 12.6. The van der Waals surface area contributed by atoms with Crippen molar-refractivity contribution < 1.29 is 43.0 Å². The lowest BCUT2D eigenvalue weighted by Crippen LogP contribution is -2.50. The SMILES string of the molecule is COC(=O)C(=O)O[C@H]1C(=O)NCCC(=O)NCCSC(=O)/C=C/C(=O)OCC1(C)C. The Bertz CT molecular complexity index is 733. The number of methoxy groups -OCH3 is 1. The Labute approximate surface area is 177 Å². The van der Waals surface area contributed by atoms with E-state index >= 15 is 0 Å². The summed E-state index contributed by atoms with van der Waals surface area (Å²) in [5.74, 6) is -4.39. The first-order valence-electron chi connectivity index (χ1n) is 8.91. The molecule has 0 bridgehead atoms. The molecule has 1 heterocycles. The molecule has 1 aliphatic rings. The standard InChI is InChI=1S/C18H24N2O9S/c1-18(2)10-28-12(22)4-5-13(23)30-9-8-19-11(21)6-7-20-15(24)14(18)29-17(26)16(25)27-3/h4-5,14H,6-10H2,1-3H3,(H,19,21)(H,20,24)/b5-4+/t14-/m0/s1.